The predicted molar refractivity (Wildman–Crippen MR) is 88.7 cm³/mol. The number of benzene rings is 2. The van der Waals surface area contributed by atoms with Gasteiger partial charge in [-0.3, -0.25) is 9.59 Å². The summed E-state index contributed by atoms with van der Waals surface area (Å²) in [4.78, 5) is 21.5. The maximum Gasteiger partial charge on any atom is 0.303 e. The molecule has 0 aliphatic heterocycles. The van der Waals surface area contributed by atoms with Gasteiger partial charge in [-0.05, 0) is 41.3 Å². The molecule has 0 spiro atoms. The van der Waals surface area contributed by atoms with Crippen molar-refractivity contribution in [3.63, 3.8) is 0 Å². The Labute approximate surface area is 135 Å². The van der Waals surface area contributed by atoms with E-state index >= 15 is 0 Å². The Bertz CT molecular complexity index is 696. The molecule has 0 saturated carbocycles. The summed E-state index contributed by atoms with van der Waals surface area (Å²) in [6.07, 6.45) is 1.34. The van der Waals surface area contributed by atoms with E-state index in [0.29, 0.717) is 19.6 Å². The van der Waals surface area contributed by atoms with E-state index < -0.39 is 5.97 Å². The topological polar surface area (TPSA) is 75.6 Å². The van der Waals surface area contributed by atoms with Crippen LogP contribution in [0.4, 0.5) is 0 Å². The summed E-state index contributed by atoms with van der Waals surface area (Å²) in [5, 5.41) is 13.6. The van der Waals surface area contributed by atoms with E-state index in [1.54, 1.807) is 0 Å². The van der Waals surface area contributed by atoms with Crippen LogP contribution in [0.25, 0.3) is 10.8 Å². The molecule has 5 heteroatoms. The average molecular weight is 315 g/mol. The van der Waals surface area contributed by atoms with Gasteiger partial charge in [-0.15, -0.1) is 0 Å². The summed E-state index contributed by atoms with van der Waals surface area (Å²) in [5.74, 6) is -0.116. The Hall–Kier alpha value is -2.56. The predicted octanol–water partition coefficient (Wildman–Crippen LogP) is 2.76. The highest BCUT2D eigenvalue weighted by Gasteiger charge is 2.04. The van der Waals surface area contributed by atoms with Crippen LogP contribution in [0.5, 0.6) is 5.75 Å². The molecule has 0 saturated heterocycles. The van der Waals surface area contributed by atoms with Gasteiger partial charge < -0.3 is 15.2 Å². The monoisotopic (exact) mass is 315 g/mol. The molecule has 2 aromatic carbocycles. The van der Waals surface area contributed by atoms with Crippen molar-refractivity contribution in [2.75, 3.05) is 13.2 Å². The van der Waals surface area contributed by atoms with Crippen molar-refractivity contribution in [1.82, 2.24) is 5.32 Å². The van der Waals surface area contributed by atoms with E-state index in [2.05, 4.69) is 5.32 Å². The second-order valence-corrected chi connectivity index (χ2v) is 5.38. The lowest BCUT2D eigenvalue weighted by atomic mass is 10.0. The van der Waals surface area contributed by atoms with Crippen LogP contribution in [0.15, 0.2) is 36.4 Å². The second-order valence-electron chi connectivity index (χ2n) is 5.38. The fraction of sp³-hybridized carbons (Fsp3) is 0.333. The van der Waals surface area contributed by atoms with Crippen molar-refractivity contribution in [3.8, 4) is 5.75 Å². The van der Waals surface area contributed by atoms with Gasteiger partial charge in [0.15, 0.2) is 0 Å². The van der Waals surface area contributed by atoms with E-state index in [4.69, 9.17) is 9.84 Å². The van der Waals surface area contributed by atoms with Gasteiger partial charge >= 0.3 is 5.97 Å². The Morgan fingerprint density at radius 3 is 2.78 bits per heavy atom. The highest BCUT2D eigenvalue weighted by atomic mass is 16.5. The summed E-state index contributed by atoms with van der Waals surface area (Å²) in [7, 11) is 0. The lowest BCUT2D eigenvalue weighted by Crippen LogP contribution is -2.22. The van der Waals surface area contributed by atoms with Gasteiger partial charge in [0.25, 0.3) is 0 Å². The van der Waals surface area contributed by atoms with Crippen molar-refractivity contribution in [2.45, 2.75) is 26.2 Å². The number of nitrogens with one attached hydrogen (secondary N) is 1. The molecule has 0 aromatic heterocycles. The van der Waals surface area contributed by atoms with E-state index in [9.17, 15) is 9.59 Å². The number of carbonyl (C=O) groups excluding carboxylic acids is 1. The number of hydrogen-bond donors (Lipinski definition) is 2. The normalized spacial score (nSPS) is 10.5. The molecule has 1 amide bonds. The molecule has 0 unspecified atom stereocenters. The standard InChI is InChI=1S/C18H21NO4/c1-13(20)19-10-9-15-5-2-4-14-7-8-16(12-17(14)15)23-11-3-6-18(21)22/h2,4-5,7-8,12H,3,6,9-11H2,1H3,(H,19,20)(H,21,22). The molecule has 2 rings (SSSR count). The van der Waals surface area contributed by atoms with E-state index in [1.165, 1.54) is 6.92 Å². The third kappa shape index (κ3) is 5.29. The van der Waals surface area contributed by atoms with Crippen LogP contribution in [0.1, 0.15) is 25.3 Å². The molecule has 2 aromatic rings. The summed E-state index contributed by atoms with van der Waals surface area (Å²) < 4.78 is 5.63. The van der Waals surface area contributed by atoms with Gasteiger partial charge in [0, 0.05) is 19.9 Å². The van der Waals surface area contributed by atoms with E-state index in [1.807, 2.05) is 36.4 Å². The Kier molecular flexibility index (Phi) is 5.97. The summed E-state index contributed by atoms with van der Waals surface area (Å²) in [5.41, 5.74) is 1.15. The number of amides is 1. The van der Waals surface area contributed by atoms with Gasteiger partial charge in [-0.1, -0.05) is 24.3 Å². The molecule has 2 N–H and O–H groups in total. The van der Waals surface area contributed by atoms with Gasteiger partial charge in [0.2, 0.25) is 5.91 Å². The van der Waals surface area contributed by atoms with E-state index in [-0.39, 0.29) is 12.3 Å². The quantitative estimate of drug-likeness (QED) is 0.735. The summed E-state index contributed by atoms with van der Waals surface area (Å²) >= 11 is 0. The third-order valence-electron chi connectivity index (χ3n) is 3.52. The largest absolute Gasteiger partial charge is 0.494 e. The second kappa shape index (κ2) is 8.17. The lowest BCUT2D eigenvalue weighted by Gasteiger charge is -2.10. The molecule has 0 atom stereocenters. The minimum atomic E-state index is -0.813. The Morgan fingerprint density at radius 2 is 2.04 bits per heavy atom. The van der Waals surface area contributed by atoms with Crippen molar-refractivity contribution < 1.29 is 19.4 Å². The van der Waals surface area contributed by atoms with Crippen molar-refractivity contribution in [2.24, 2.45) is 0 Å². The molecule has 23 heavy (non-hydrogen) atoms. The highest BCUT2D eigenvalue weighted by Crippen LogP contribution is 2.24. The third-order valence-corrected chi connectivity index (χ3v) is 3.52. The Balaban J connectivity index is 2.06. The smallest absolute Gasteiger partial charge is 0.303 e. The first-order valence-electron chi connectivity index (χ1n) is 7.67. The fourth-order valence-electron chi connectivity index (χ4n) is 2.41. The first-order chi connectivity index (χ1) is 11.1. The zero-order valence-electron chi connectivity index (χ0n) is 13.2. The first-order valence-corrected chi connectivity index (χ1v) is 7.67. The van der Waals surface area contributed by atoms with Crippen LogP contribution in [0.3, 0.4) is 0 Å². The zero-order valence-corrected chi connectivity index (χ0v) is 13.2. The van der Waals surface area contributed by atoms with Gasteiger partial charge in [0.05, 0.1) is 6.61 Å². The molecular formula is C18H21NO4. The molecule has 0 bridgehead atoms. The minimum absolute atomic E-state index is 0.0345. The molecule has 0 heterocycles. The number of aliphatic carboxylic acids is 1. The average Bonchev–Trinajstić information content (AvgIpc) is 2.51. The van der Waals surface area contributed by atoms with Crippen LogP contribution in [-0.2, 0) is 16.0 Å². The number of ether oxygens (including phenoxy) is 1. The van der Waals surface area contributed by atoms with Gasteiger partial charge in [-0.2, -0.15) is 0 Å². The van der Waals surface area contributed by atoms with Crippen molar-refractivity contribution in [1.29, 1.82) is 0 Å². The summed E-state index contributed by atoms with van der Waals surface area (Å²) in [6.45, 7) is 2.48. The molecular weight excluding hydrogens is 294 g/mol. The van der Waals surface area contributed by atoms with Crippen LogP contribution in [0, 0.1) is 0 Å². The zero-order chi connectivity index (χ0) is 16.7. The summed E-state index contributed by atoms with van der Waals surface area (Å²) in [6, 6.07) is 11.9. The van der Waals surface area contributed by atoms with Crippen LogP contribution < -0.4 is 10.1 Å². The lowest BCUT2D eigenvalue weighted by molar-refractivity contribution is -0.137. The number of hydrogen-bond acceptors (Lipinski definition) is 3. The van der Waals surface area contributed by atoms with Crippen LogP contribution in [0.2, 0.25) is 0 Å². The molecule has 0 aliphatic rings. The van der Waals surface area contributed by atoms with Gasteiger partial charge in [0.1, 0.15) is 5.75 Å². The number of carbonyl (C=O) groups is 2. The molecule has 0 aliphatic carbocycles. The Morgan fingerprint density at radius 1 is 1.22 bits per heavy atom. The van der Waals surface area contributed by atoms with Crippen LogP contribution >= 0.6 is 0 Å². The first kappa shape index (κ1) is 16.8. The van der Waals surface area contributed by atoms with Gasteiger partial charge in [-0.25, -0.2) is 0 Å². The number of carboxylic acid groups (broad SMARTS) is 1. The number of carboxylic acids is 1. The highest BCUT2D eigenvalue weighted by molar-refractivity contribution is 5.87. The number of fused-ring (bicyclic) bond motifs is 1. The SMILES string of the molecule is CC(=O)NCCc1cccc2ccc(OCCCC(=O)O)cc12. The molecule has 5 nitrogen and oxygen atoms in total. The molecule has 0 fully saturated rings. The molecule has 0 radical (unpaired) electrons. The van der Waals surface area contributed by atoms with Crippen molar-refractivity contribution >= 4 is 22.6 Å². The fourth-order valence-corrected chi connectivity index (χ4v) is 2.41. The number of rotatable bonds is 8. The maximum atomic E-state index is 11.0. The van der Waals surface area contributed by atoms with Crippen LogP contribution in [-0.4, -0.2) is 30.1 Å². The van der Waals surface area contributed by atoms with Crippen molar-refractivity contribution in [3.05, 3.63) is 42.0 Å². The van der Waals surface area contributed by atoms with E-state index in [0.717, 1.165) is 28.5 Å². The maximum absolute atomic E-state index is 11.0. The minimum Gasteiger partial charge on any atom is -0.494 e. The molecule has 122 valence electrons.